The van der Waals surface area contributed by atoms with Crippen molar-refractivity contribution in [2.45, 2.75) is 26.7 Å². The van der Waals surface area contributed by atoms with Crippen molar-refractivity contribution in [2.24, 2.45) is 0 Å². The molecule has 0 heterocycles. The SMILES string of the molecule is C#Cc1ccc(-c2cccc(N(C(=O)CC)C(=O)CC)c2)cc1O. The number of carbonyl (C=O) groups excluding carboxylic acids is 2. The number of imide groups is 1. The van der Waals surface area contributed by atoms with E-state index in [-0.39, 0.29) is 30.4 Å². The van der Waals surface area contributed by atoms with Gasteiger partial charge in [0.2, 0.25) is 11.8 Å². The van der Waals surface area contributed by atoms with Crippen molar-refractivity contribution in [3.63, 3.8) is 0 Å². The quantitative estimate of drug-likeness (QED) is 0.873. The number of phenols is 1. The van der Waals surface area contributed by atoms with E-state index in [2.05, 4.69) is 5.92 Å². The van der Waals surface area contributed by atoms with Crippen LogP contribution in [0.5, 0.6) is 5.75 Å². The molecular formula is C20H19NO3. The topological polar surface area (TPSA) is 57.6 Å². The van der Waals surface area contributed by atoms with Crippen LogP contribution in [0.3, 0.4) is 0 Å². The normalized spacial score (nSPS) is 10.0. The van der Waals surface area contributed by atoms with Gasteiger partial charge in [-0.25, -0.2) is 0 Å². The van der Waals surface area contributed by atoms with Crippen molar-refractivity contribution < 1.29 is 14.7 Å². The summed E-state index contributed by atoms with van der Waals surface area (Å²) in [5.41, 5.74) is 2.47. The number of hydrogen-bond acceptors (Lipinski definition) is 3. The predicted octanol–water partition coefficient (Wildman–Crippen LogP) is 3.72. The van der Waals surface area contributed by atoms with Crippen molar-refractivity contribution in [3.8, 4) is 29.2 Å². The lowest BCUT2D eigenvalue weighted by atomic mass is 10.0. The third-order valence-corrected chi connectivity index (χ3v) is 3.69. The standard InChI is InChI=1S/C20H19NO3/c1-4-14-10-11-16(13-18(14)22)15-8-7-9-17(12-15)21(19(23)5-2)20(24)6-3/h1,7-13,22H,5-6H2,2-3H3. The molecule has 0 saturated carbocycles. The van der Waals surface area contributed by atoms with Crippen molar-refractivity contribution in [2.75, 3.05) is 4.90 Å². The average molecular weight is 321 g/mol. The highest BCUT2D eigenvalue weighted by molar-refractivity contribution is 6.14. The minimum Gasteiger partial charge on any atom is -0.507 e. The monoisotopic (exact) mass is 321 g/mol. The van der Waals surface area contributed by atoms with Gasteiger partial charge in [-0.3, -0.25) is 14.5 Å². The first kappa shape index (κ1) is 17.3. The van der Waals surface area contributed by atoms with Crippen molar-refractivity contribution in [3.05, 3.63) is 48.0 Å². The number of terminal acetylenes is 1. The molecule has 1 N–H and O–H groups in total. The van der Waals surface area contributed by atoms with E-state index in [1.54, 1.807) is 50.2 Å². The molecule has 0 aliphatic heterocycles. The maximum atomic E-state index is 12.1. The smallest absolute Gasteiger partial charge is 0.233 e. The Kier molecular flexibility index (Phi) is 5.39. The first-order valence-electron chi connectivity index (χ1n) is 7.77. The number of anilines is 1. The van der Waals surface area contributed by atoms with E-state index in [1.807, 2.05) is 6.07 Å². The Bertz CT molecular complexity index is 802. The van der Waals surface area contributed by atoms with Gasteiger partial charge in [-0.2, -0.15) is 0 Å². The molecule has 4 nitrogen and oxygen atoms in total. The molecule has 2 amide bonds. The Morgan fingerprint density at radius 3 is 2.21 bits per heavy atom. The van der Waals surface area contributed by atoms with Gasteiger partial charge in [0.1, 0.15) is 5.75 Å². The van der Waals surface area contributed by atoms with E-state index < -0.39 is 0 Å². The van der Waals surface area contributed by atoms with E-state index in [0.29, 0.717) is 11.3 Å². The first-order valence-corrected chi connectivity index (χ1v) is 7.77. The van der Waals surface area contributed by atoms with Crippen LogP contribution in [0.1, 0.15) is 32.3 Å². The molecule has 0 fully saturated rings. The second kappa shape index (κ2) is 7.47. The van der Waals surface area contributed by atoms with Crippen LogP contribution in [0.2, 0.25) is 0 Å². The van der Waals surface area contributed by atoms with Crippen LogP contribution in [-0.2, 0) is 9.59 Å². The second-order valence-electron chi connectivity index (χ2n) is 5.26. The molecule has 0 radical (unpaired) electrons. The molecule has 2 aromatic carbocycles. The number of hydrogen-bond donors (Lipinski definition) is 1. The molecule has 2 rings (SSSR count). The van der Waals surface area contributed by atoms with Gasteiger partial charge >= 0.3 is 0 Å². The molecule has 0 spiro atoms. The first-order chi connectivity index (χ1) is 11.5. The molecule has 24 heavy (non-hydrogen) atoms. The minimum atomic E-state index is -0.246. The van der Waals surface area contributed by atoms with E-state index in [9.17, 15) is 14.7 Å². The third-order valence-electron chi connectivity index (χ3n) is 3.69. The zero-order valence-electron chi connectivity index (χ0n) is 13.7. The average Bonchev–Trinajstić information content (AvgIpc) is 2.61. The van der Waals surface area contributed by atoms with Gasteiger partial charge in [0, 0.05) is 12.8 Å². The summed E-state index contributed by atoms with van der Waals surface area (Å²) < 4.78 is 0. The fourth-order valence-corrected chi connectivity index (χ4v) is 2.40. The zero-order valence-corrected chi connectivity index (χ0v) is 13.7. The molecular weight excluding hydrogens is 302 g/mol. The van der Waals surface area contributed by atoms with Crippen LogP contribution in [0.15, 0.2) is 42.5 Å². The second-order valence-corrected chi connectivity index (χ2v) is 5.26. The van der Waals surface area contributed by atoms with Crippen LogP contribution in [0, 0.1) is 12.3 Å². The van der Waals surface area contributed by atoms with Crippen molar-refractivity contribution in [1.29, 1.82) is 0 Å². The largest absolute Gasteiger partial charge is 0.507 e. The third kappa shape index (κ3) is 3.47. The van der Waals surface area contributed by atoms with E-state index in [4.69, 9.17) is 6.42 Å². The summed E-state index contributed by atoms with van der Waals surface area (Å²) >= 11 is 0. The lowest BCUT2D eigenvalue weighted by Crippen LogP contribution is -2.35. The minimum absolute atomic E-state index is 0.0199. The number of benzene rings is 2. The Balaban J connectivity index is 2.48. The van der Waals surface area contributed by atoms with Crippen LogP contribution in [0.4, 0.5) is 5.69 Å². The van der Waals surface area contributed by atoms with Gasteiger partial charge in [-0.15, -0.1) is 6.42 Å². The van der Waals surface area contributed by atoms with Crippen molar-refractivity contribution in [1.82, 2.24) is 0 Å². The number of aromatic hydroxyl groups is 1. The Hall–Kier alpha value is -3.06. The highest BCUT2D eigenvalue weighted by atomic mass is 16.3. The van der Waals surface area contributed by atoms with Crippen molar-refractivity contribution >= 4 is 17.5 Å². The van der Waals surface area contributed by atoms with Gasteiger partial charge in [-0.05, 0) is 35.4 Å². The number of nitrogens with zero attached hydrogens (tertiary/aromatic N) is 1. The van der Waals surface area contributed by atoms with Crippen LogP contribution < -0.4 is 4.90 Å². The van der Waals surface area contributed by atoms with Gasteiger partial charge in [-0.1, -0.05) is 38.0 Å². The summed E-state index contributed by atoms with van der Waals surface area (Å²) in [6.45, 7) is 3.44. The highest BCUT2D eigenvalue weighted by Crippen LogP contribution is 2.29. The Morgan fingerprint density at radius 1 is 1.04 bits per heavy atom. The number of amides is 2. The summed E-state index contributed by atoms with van der Waals surface area (Å²) in [4.78, 5) is 25.5. The summed E-state index contributed by atoms with van der Waals surface area (Å²) in [7, 11) is 0. The van der Waals surface area contributed by atoms with E-state index >= 15 is 0 Å². The molecule has 4 heteroatoms. The van der Waals surface area contributed by atoms with Crippen LogP contribution in [0.25, 0.3) is 11.1 Å². The van der Waals surface area contributed by atoms with Crippen LogP contribution >= 0.6 is 0 Å². The van der Waals surface area contributed by atoms with Gasteiger partial charge in [0.15, 0.2) is 0 Å². The lowest BCUT2D eigenvalue weighted by molar-refractivity contribution is -0.126. The van der Waals surface area contributed by atoms with E-state index in [1.165, 1.54) is 4.90 Å². The molecule has 0 aliphatic carbocycles. The number of phenolic OH excluding ortho intramolecular Hbond substituents is 1. The van der Waals surface area contributed by atoms with Gasteiger partial charge in [0.25, 0.3) is 0 Å². The Labute approximate surface area is 141 Å². The summed E-state index contributed by atoms with van der Waals surface area (Å²) in [5, 5.41) is 9.92. The van der Waals surface area contributed by atoms with Crippen LogP contribution in [-0.4, -0.2) is 16.9 Å². The Morgan fingerprint density at radius 2 is 1.67 bits per heavy atom. The summed E-state index contributed by atoms with van der Waals surface area (Å²) in [6.07, 6.45) is 5.80. The maximum absolute atomic E-state index is 12.1. The fraction of sp³-hybridized carbons (Fsp3) is 0.200. The molecule has 0 unspecified atom stereocenters. The highest BCUT2D eigenvalue weighted by Gasteiger charge is 2.20. The number of rotatable bonds is 4. The van der Waals surface area contributed by atoms with Gasteiger partial charge in [0.05, 0.1) is 11.3 Å². The molecule has 0 aliphatic rings. The molecule has 0 bridgehead atoms. The molecule has 2 aromatic rings. The molecule has 0 saturated heterocycles. The maximum Gasteiger partial charge on any atom is 0.233 e. The molecule has 122 valence electrons. The summed E-state index contributed by atoms with van der Waals surface area (Å²) in [5.74, 6) is 1.93. The molecule has 0 aromatic heterocycles. The summed E-state index contributed by atoms with van der Waals surface area (Å²) in [6, 6.07) is 12.1. The fourth-order valence-electron chi connectivity index (χ4n) is 2.40. The number of carbonyl (C=O) groups is 2. The van der Waals surface area contributed by atoms with E-state index in [0.717, 1.165) is 11.1 Å². The lowest BCUT2D eigenvalue weighted by Gasteiger charge is -2.20. The van der Waals surface area contributed by atoms with Gasteiger partial charge < -0.3 is 5.11 Å². The zero-order chi connectivity index (χ0) is 17.7. The molecule has 0 atom stereocenters. The predicted molar refractivity (Wildman–Crippen MR) is 94.6 cm³/mol.